The Labute approximate surface area is 202 Å². The summed E-state index contributed by atoms with van der Waals surface area (Å²) < 4.78 is 32.0. The number of nitrogens with one attached hydrogen (secondary N) is 2. The van der Waals surface area contributed by atoms with Gasteiger partial charge < -0.3 is 14.8 Å². The Balaban J connectivity index is 1.59. The van der Waals surface area contributed by atoms with Crippen LogP contribution in [-0.4, -0.2) is 17.6 Å². The molecule has 2 N–H and O–H groups in total. The fourth-order valence-corrected chi connectivity index (χ4v) is 3.51. The summed E-state index contributed by atoms with van der Waals surface area (Å²) in [5.74, 6) is -0.969. The molecule has 0 aliphatic heterocycles. The zero-order valence-corrected chi connectivity index (χ0v) is 20.0. The number of hydrogen-bond donors (Lipinski definition) is 2. The van der Waals surface area contributed by atoms with Crippen molar-refractivity contribution in [2.24, 2.45) is 0 Å². The van der Waals surface area contributed by atoms with Crippen LogP contribution in [-0.2, 0) is 21.4 Å². The normalized spacial score (nSPS) is 11.1. The lowest BCUT2D eigenvalue weighted by Crippen LogP contribution is -2.34. The first kappa shape index (κ1) is 25.2. The molecule has 0 aliphatic rings. The van der Waals surface area contributed by atoms with Gasteiger partial charge in [-0.3, -0.25) is 9.59 Å². The standard InChI is InChI=1S/C26H26F2N2O3S/c1-4-34-33-21-12-5-17(6-13-21)15-24(31)29-19-9-7-18(8-10-19)26(2,3)25(32)30-20-11-14-22(27)23(28)16-20/h5-14,16H,4,15H2,1-3H3,(H,29,31)(H,30,32). The lowest BCUT2D eigenvalue weighted by atomic mass is 9.83. The van der Waals surface area contributed by atoms with Gasteiger partial charge in [-0.15, -0.1) is 0 Å². The lowest BCUT2D eigenvalue weighted by Gasteiger charge is -2.24. The second-order valence-corrected chi connectivity index (χ2v) is 9.12. The largest absolute Gasteiger partial charge is 0.426 e. The average Bonchev–Trinajstić information content (AvgIpc) is 2.81. The molecule has 34 heavy (non-hydrogen) atoms. The van der Waals surface area contributed by atoms with Crippen LogP contribution >= 0.6 is 12.0 Å². The third-order valence-electron chi connectivity index (χ3n) is 5.20. The van der Waals surface area contributed by atoms with Crippen molar-refractivity contribution in [3.63, 3.8) is 0 Å². The second kappa shape index (κ2) is 11.2. The maximum absolute atomic E-state index is 13.4. The Hall–Kier alpha value is -3.39. The molecular formula is C26H26F2N2O3S. The number of rotatable bonds is 9. The molecule has 3 aromatic carbocycles. The van der Waals surface area contributed by atoms with Gasteiger partial charge in [0.2, 0.25) is 11.8 Å². The topological polar surface area (TPSA) is 67.4 Å². The molecule has 0 bridgehead atoms. The fraction of sp³-hybridized carbons (Fsp3) is 0.231. The van der Waals surface area contributed by atoms with E-state index in [1.807, 2.05) is 31.2 Å². The number of carbonyl (C=O) groups is 2. The predicted molar refractivity (Wildman–Crippen MR) is 132 cm³/mol. The molecule has 0 radical (unpaired) electrons. The van der Waals surface area contributed by atoms with E-state index < -0.39 is 17.0 Å². The number of halogens is 2. The van der Waals surface area contributed by atoms with E-state index in [2.05, 4.69) is 10.6 Å². The maximum atomic E-state index is 13.4. The summed E-state index contributed by atoms with van der Waals surface area (Å²) in [6.07, 6.45) is 0.213. The minimum atomic E-state index is -1.03. The van der Waals surface area contributed by atoms with E-state index in [1.54, 1.807) is 38.1 Å². The van der Waals surface area contributed by atoms with Crippen LogP contribution in [0.5, 0.6) is 5.75 Å². The van der Waals surface area contributed by atoms with Crippen molar-refractivity contribution in [3.05, 3.63) is 89.5 Å². The molecule has 0 unspecified atom stereocenters. The Morgan fingerprint density at radius 2 is 1.53 bits per heavy atom. The summed E-state index contributed by atoms with van der Waals surface area (Å²) >= 11 is 1.36. The van der Waals surface area contributed by atoms with Crippen LogP contribution in [0.4, 0.5) is 20.2 Å². The molecule has 0 saturated heterocycles. The number of benzene rings is 3. The van der Waals surface area contributed by atoms with E-state index in [9.17, 15) is 18.4 Å². The van der Waals surface area contributed by atoms with E-state index in [-0.39, 0.29) is 23.9 Å². The van der Waals surface area contributed by atoms with Crippen LogP contribution in [0.2, 0.25) is 0 Å². The zero-order valence-electron chi connectivity index (χ0n) is 19.2. The summed E-state index contributed by atoms with van der Waals surface area (Å²) in [7, 11) is 0. The number of hydrogen-bond acceptors (Lipinski definition) is 4. The van der Waals surface area contributed by atoms with Gasteiger partial charge in [-0.1, -0.05) is 31.2 Å². The molecule has 0 spiro atoms. The SMILES string of the molecule is CCSOc1ccc(CC(=O)Nc2ccc(C(C)(C)C(=O)Nc3ccc(F)c(F)c3)cc2)cc1. The highest BCUT2D eigenvalue weighted by Gasteiger charge is 2.30. The third-order valence-corrected chi connectivity index (χ3v) is 5.74. The van der Waals surface area contributed by atoms with Gasteiger partial charge >= 0.3 is 0 Å². The summed E-state index contributed by atoms with van der Waals surface area (Å²) in [5.41, 5.74) is 1.38. The molecule has 178 valence electrons. The van der Waals surface area contributed by atoms with Gasteiger partial charge in [-0.25, -0.2) is 8.78 Å². The maximum Gasteiger partial charge on any atom is 0.234 e. The Kier molecular flexibility index (Phi) is 8.28. The Bertz CT molecular complexity index is 1150. The van der Waals surface area contributed by atoms with Crippen molar-refractivity contribution in [2.75, 3.05) is 16.4 Å². The highest BCUT2D eigenvalue weighted by Crippen LogP contribution is 2.27. The third kappa shape index (κ3) is 6.57. The summed E-state index contributed by atoms with van der Waals surface area (Å²) in [5, 5.41) is 5.46. The van der Waals surface area contributed by atoms with Crippen molar-refractivity contribution in [2.45, 2.75) is 32.6 Å². The van der Waals surface area contributed by atoms with Crippen LogP contribution in [0.1, 0.15) is 31.9 Å². The van der Waals surface area contributed by atoms with Crippen LogP contribution in [0, 0.1) is 11.6 Å². The molecule has 0 atom stereocenters. The van der Waals surface area contributed by atoms with Gasteiger partial charge in [0.05, 0.1) is 23.9 Å². The van der Waals surface area contributed by atoms with Crippen molar-refractivity contribution in [3.8, 4) is 5.75 Å². The number of carbonyl (C=O) groups excluding carboxylic acids is 2. The fourth-order valence-electron chi connectivity index (χ4n) is 3.14. The summed E-state index contributed by atoms with van der Waals surface area (Å²) in [6.45, 7) is 5.45. The molecule has 0 fully saturated rings. The van der Waals surface area contributed by atoms with Gasteiger partial charge in [0, 0.05) is 23.2 Å². The van der Waals surface area contributed by atoms with Crippen molar-refractivity contribution in [1.82, 2.24) is 0 Å². The molecule has 0 aliphatic carbocycles. The van der Waals surface area contributed by atoms with Crippen LogP contribution in [0.3, 0.4) is 0 Å². The van der Waals surface area contributed by atoms with E-state index in [0.29, 0.717) is 11.3 Å². The molecule has 5 nitrogen and oxygen atoms in total. The van der Waals surface area contributed by atoms with Gasteiger partial charge in [0.15, 0.2) is 11.6 Å². The Morgan fingerprint density at radius 3 is 2.15 bits per heavy atom. The summed E-state index contributed by atoms with van der Waals surface area (Å²) in [4.78, 5) is 25.2. The minimum absolute atomic E-state index is 0.167. The zero-order chi connectivity index (χ0) is 24.7. The quantitative estimate of drug-likeness (QED) is 0.360. The van der Waals surface area contributed by atoms with E-state index in [0.717, 1.165) is 29.2 Å². The highest BCUT2D eigenvalue weighted by atomic mass is 32.2. The van der Waals surface area contributed by atoms with Crippen molar-refractivity contribution in [1.29, 1.82) is 0 Å². The van der Waals surface area contributed by atoms with Crippen LogP contribution in [0.25, 0.3) is 0 Å². The summed E-state index contributed by atoms with van der Waals surface area (Å²) in [6, 6.07) is 17.5. The smallest absolute Gasteiger partial charge is 0.234 e. The molecule has 0 saturated carbocycles. The van der Waals surface area contributed by atoms with E-state index in [4.69, 9.17) is 4.18 Å². The molecule has 0 aromatic heterocycles. The average molecular weight is 485 g/mol. The van der Waals surface area contributed by atoms with Gasteiger partial charge in [-0.05, 0) is 61.4 Å². The highest BCUT2D eigenvalue weighted by molar-refractivity contribution is 7.94. The molecule has 3 rings (SSSR count). The molecule has 2 amide bonds. The molecule has 3 aromatic rings. The first-order valence-electron chi connectivity index (χ1n) is 10.7. The lowest BCUT2D eigenvalue weighted by molar-refractivity contribution is -0.120. The van der Waals surface area contributed by atoms with Crippen LogP contribution < -0.4 is 14.8 Å². The predicted octanol–water partition coefficient (Wildman–Crippen LogP) is 6.11. The van der Waals surface area contributed by atoms with E-state index >= 15 is 0 Å². The monoisotopic (exact) mass is 484 g/mol. The minimum Gasteiger partial charge on any atom is -0.426 e. The molecular weight excluding hydrogens is 458 g/mol. The first-order chi connectivity index (χ1) is 16.2. The van der Waals surface area contributed by atoms with Crippen LogP contribution in [0.15, 0.2) is 66.7 Å². The van der Waals surface area contributed by atoms with Gasteiger partial charge in [0.1, 0.15) is 5.75 Å². The Morgan fingerprint density at radius 1 is 0.882 bits per heavy atom. The van der Waals surface area contributed by atoms with Gasteiger partial charge in [0.25, 0.3) is 0 Å². The molecule has 0 heterocycles. The van der Waals surface area contributed by atoms with E-state index in [1.165, 1.54) is 18.1 Å². The van der Waals surface area contributed by atoms with Gasteiger partial charge in [-0.2, -0.15) is 0 Å². The van der Waals surface area contributed by atoms with Crippen molar-refractivity contribution >= 4 is 35.2 Å². The molecule has 8 heteroatoms. The van der Waals surface area contributed by atoms with Crippen molar-refractivity contribution < 1.29 is 22.6 Å². The number of amides is 2. The second-order valence-electron chi connectivity index (χ2n) is 8.14. The number of anilines is 2. The first-order valence-corrected chi connectivity index (χ1v) is 11.7.